The van der Waals surface area contributed by atoms with E-state index in [1.807, 2.05) is 23.6 Å². The molecule has 0 aliphatic carbocycles. The molecule has 0 spiro atoms. The maximum atomic E-state index is 12.8. The number of nitrogens with one attached hydrogen (secondary N) is 2. The summed E-state index contributed by atoms with van der Waals surface area (Å²) < 4.78 is 0. The molecule has 28 heavy (non-hydrogen) atoms. The lowest BCUT2D eigenvalue weighted by atomic mass is 10.0. The average molecular weight is 400 g/mol. The zero-order valence-corrected chi connectivity index (χ0v) is 17.0. The van der Waals surface area contributed by atoms with E-state index in [1.165, 1.54) is 11.3 Å². The van der Waals surface area contributed by atoms with E-state index in [1.54, 1.807) is 17.0 Å². The Morgan fingerprint density at radius 2 is 2.00 bits per heavy atom. The number of thiophene rings is 1. The number of nitrogens with zero attached hydrogens (tertiary/aromatic N) is 1. The minimum absolute atomic E-state index is 0.0362. The number of amides is 3. The molecule has 2 heterocycles. The summed E-state index contributed by atoms with van der Waals surface area (Å²) in [5.74, 6) is -0.928. The molecule has 2 N–H and O–H groups in total. The van der Waals surface area contributed by atoms with Crippen LogP contribution in [0.15, 0.2) is 35.7 Å². The van der Waals surface area contributed by atoms with E-state index in [0.717, 1.165) is 30.5 Å². The number of aryl methyl sites for hydroxylation is 1. The largest absolute Gasteiger partial charge is 0.348 e. The van der Waals surface area contributed by atoms with Gasteiger partial charge in [-0.3, -0.25) is 14.4 Å². The quantitative estimate of drug-likeness (QED) is 0.756. The third-order valence-corrected chi connectivity index (χ3v) is 5.51. The minimum atomic E-state index is -0.698. The second-order valence-electron chi connectivity index (χ2n) is 7.27. The fourth-order valence-corrected chi connectivity index (χ4v) is 3.81. The predicted octanol–water partition coefficient (Wildman–Crippen LogP) is 3.44. The lowest BCUT2D eigenvalue weighted by Crippen LogP contribution is -2.37. The molecule has 2 aromatic rings. The van der Waals surface area contributed by atoms with E-state index in [9.17, 15) is 14.4 Å². The Morgan fingerprint density at radius 1 is 1.18 bits per heavy atom. The lowest BCUT2D eigenvalue weighted by Gasteiger charge is -2.29. The lowest BCUT2D eigenvalue weighted by molar-refractivity contribution is -0.136. The van der Waals surface area contributed by atoms with E-state index in [0.29, 0.717) is 29.6 Å². The van der Waals surface area contributed by atoms with Gasteiger partial charge in [-0.15, -0.1) is 11.3 Å². The van der Waals surface area contributed by atoms with Crippen LogP contribution in [0.25, 0.3) is 0 Å². The first kappa shape index (κ1) is 20.1. The number of fused-ring (bicyclic) bond motifs is 1. The molecule has 148 valence electrons. The molecule has 1 aliphatic heterocycles. The summed E-state index contributed by atoms with van der Waals surface area (Å²) in [6.45, 7) is 5.22. The van der Waals surface area contributed by atoms with Crippen LogP contribution in [0, 0.1) is 5.92 Å². The molecule has 7 heteroatoms. The number of hydrogen-bond donors (Lipinski definition) is 2. The molecule has 1 aliphatic rings. The van der Waals surface area contributed by atoms with Gasteiger partial charge in [0.15, 0.2) is 0 Å². The van der Waals surface area contributed by atoms with Crippen molar-refractivity contribution in [2.24, 2.45) is 5.92 Å². The van der Waals surface area contributed by atoms with Crippen LogP contribution in [0.2, 0.25) is 0 Å². The smallest absolute Gasteiger partial charge is 0.313 e. The normalized spacial score (nSPS) is 13.2. The van der Waals surface area contributed by atoms with E-state index in [4.69, 9.17) is 0 Å². The molecule has 0 saturated carbocycles. The number of anilines is 2. The van der Waals surface area contributed by atoms with E-state index in [-0.39, 0.29) is 5.91 Å². The van der Waals surface area contributed by atoms with Gasteiger partial charge in [0.25, 0.3) is 5.91 Å². The summed E-state index contributed by atoms with van der Waals surface area (Å²) >= 11 is 1.41. The van der Waals surface area contributed by atoms with Gasteiger partial charge in [0, 0.05) is 24.5 Å². The molecule has 0 fully saturated rings. The van der Waals surface area contributed by atoms with Gasteiger partial charge in [0.05, 0.1) is 4.88 Å². The van der Waals surface area contributed by atoms with Crippen molar-refractivity contribution < 1.29 is 14.4 Å². The third-order valence-electron chi connectivity index (χ3n) is 4.65. The fourth-order valence-electron chi connectivity index (χ4n) is 3.14. The van der Waals surface area contributed by atoms with Crippen molar-refractivity contribution in [3.8, 4) is 0 Å². The molecule has 0 bridgehead atoms. The molecule has 0 radical (unpaired) electrons. The Hall–Kier alpha value is -2.67. The Bertz CT molecular complexity index is 862. The third kappa shape index (κ3) is 4.78. The van der Waals surface area contributed by atoms with Crippen LogP contribution in [0.1, 0.15) is 41.9 Å². The summed E-state index contributed by atoms with van der Waals surface area (Å²) in [5, 5.41) is 7.15. The standard InChI is InChI=1S/C21H25N3O3S/c1-14(2)9-10-22-19(25)20(26)23-16-8-7-15-5-3-11-24(17(15)13-16)21(27)18-6-4-12-28-18/h4,6-8,12-14H,3,5,9-11H2,1-2H3,(H,22,25)(H,23,26). The molecule has 1 aromatic carbocycles. The van der Waals surface area contributed by atoms with E-state index >= 15 is 0 Å². The Labute approximate surface area is 168 Å². The van der Waals surface area contributed by atoms with Crippen molar-refractivity contribution in [2.45, 2.75) is 33.1 Å². The molecule has 1 aromatic heterocycles. The van der Waals surface area contributed by atoms with Gasteiger partial charge in [-0.2, -0.15) is 0 Å². The van der Waals surface area contributed by atoms with Crippen molar-refractivity contribution in [3.05, 3.63) is 46.2 Å². The second-order valence-corrected chi connectivity index (χ2v) is 8.22. The van der Waals surface area contributed by atoms with Crippen molar-refractivity contribution in [2.75, 3.05) is 23.3 Å². The molecule has 0 unspecified atom stereocenters. The highest BCUT2D eigenvalue weighted by Crippen LogP contribution is 2.31. The summed E-state index contributed by atoms with van der Waals surface area (Å²) in [6, 6.07) is 9.14. The molecule has 3 amide bonds. The maximum absolute atomic E-state index is 12.8. The van der Waals surface area contributed by atoms with Crippen molar-refractivity contribution in [1.82, 2.24) is 5.32 Å². The molecule has 3 rings (SSSR count). The first-order chi connectivity index (χ1) is 13.5. The first-order valence-electron chi connectivity index (χ1n) is 9.53. The van der Waals surface area contributed by atoms with Crippen LogP contribution in [0.4, 0.5) is 11.4 Å². The number of hydrogen-bond acceptors (Lipinski definition) is 4. The number of benzene rings is 1. The SMILES string of the molecule is CC(C)CCNC(=O)C(=O)Nc1ccc2c(c1)N(C(=O)c1cccs1)CCC2. The number of carbonyl (C=O) groups is 3. The van der Waals surface area contributed by atoms with Crippen molar-refractivity contribution >= 4 is 40.4 Å². The van der Waals surface area contributed by atoms with Gasteiger partial charge < -0.3 is 15.5 Å². The molecule has 0 atom stereocenters. The minimum Gasteiger partial charge on any atom is -0.348 e. The van der Waals surface area contributed by atoms with E-state index < -0.39 is 11.8 Å². The maximum Gasteiger partial charge on any atom is 0.313 e. The van der Waals surface area contributed by atoms with Crippen LogP contribution >= 0.6 is 11.3 Å². The van der Waals surface area contributed by atoms with Gasteiger partial charge in [-0.25, -0.2) is 0 Å². The summed E-state index contributed by atoms with van der Waals surface area (Å²) in [7, 11) is 0. The number of rotatable bonds is 5. The van der Waals surface area contributed by atoms with Crippen LogP contribution < -0.4 is 15.5 Å². The summed E-state index contributed by atoms with van der Waals surface area (Å²) in [4.78, 5) is 39.4. The Kier molecular flexibility index (Phi) is 6.46. The fraction of sp³-hybridized carbons (Fsp3) is 0.381. The molecular weight excluding hydrogens is 374 g/mol. The highest BCUT2D eigenvalue weighted by molar-refractivity contribution is 7.12. The zero-order chi connectivity index (χ0) is 20.1. The van der Waals surface area contributed by atoms with Crippen LogP contribution in [0.3, 0.4) is 0 Å². The molecular formula is C21H25N3O3S. The Morgan fingerprint density at radius 3 is 2.71 bits per heavy atom. The summed E-state index contributed by atoms with van der Waals surface area (Å²) in [6.07, 6.45) is 2.60. The number of carbonyl (C=O) groups excluding carboxylic acids is 3. The Balaban J connectivity index is 1.71. The van der Waals surface area contributed by atoms with Gasteiger partial charge in [-0.05, 0) is 54.3 Å². The van der Waals surface area contributed by atoms with E-state index in [2.05, 4.69) is 24.5 Å². The van der Waals surface area contributed by atoms with Gasteiger partial charge in [0.1, 0.15) is 0 Å². The molecule has 0 saturated heterocycles. The van der Waals surface area contributed by atoms with Crippen LogP contribution in [0.5, 0.6) is 0 Å². The monoisotopic (exact) mass is 399 g/mol. The molecule has 6 nitrogen and oxygen atoms in total. The van der Waals surface area contributed by atoms with Gasteiger partial charge >= 0.3 is 11.8 Å². The van der Waals surface area contributed by atoms with Crippen molar-refractivity contribution in [3.63, 3.8) is 0 Å². The first-order valence-corrected chi connectivity index (χ1v) is 10.4. The topological polar surface area (TPSA) is 78.5 Å². The summed E-state index contributed by atoms with van der Waals surface area (Å²) in [5.41, 5.74) is 2.37. The highest BCUT2D eigenvalue weighted by atomic mass is 32.1. The van der Waals surface area contributed by atoms with Crippen LogP contribution in [-0.2, 0) is 16.0 Å². The predicted molar refractivity (Wildman–Crippen MR) is 112 cm³/mol. The average Bonchev–Trinajstić information content (AvgIpc) is 3.21. The second kappa shape index (κ2) is 9.01. The van der Waals surface area contributed by atoms with Gasteiger partial charge in [0.2, 0.25) is 0 Å². The van der Waals surface area contributed by atoms with Crippen LogP contribution in [-0.4, -0.2) is 30.8 Å². The highest BCUT2D eigenvalue weighted by Gasteiger charge is 2.25. The van der Waals surface area contributed by atoms with Gasteiger partial charge in [-0.1, -0.05) is 26.0 Å². The zero-order valence-electron chi connectivity index (χ0n) is 16.2. The van der Waals surface area contributed by atoms with Crippen molar-refractivity contribution in [1.29, 1.82) is 0 Å².